The molecule has 0 amide bonds. The SMILES string of the molecule is CC(=O)Oc1ccc(Cl)c(O)c1. The molecule has 0 aliphatic rings. The fraction of sp³-hybridized carbons (Fsp3) is 0.125. The number of aromatic hydroxyl groups is 1. The number of rotatable bonds is 1. The van der Waals surface area contributed by atoms with E-state index in [1.807, 2.05) is 0 Å². The van der Waals surface area contributed by atoms with Gasteiger partial charge in [0.05, 0.1) is 5.02 Å². The number of hydrogen-bond donors (Lipinski definition) is 1. The van der Waals surface area contributed by atoms with E-state index in [4.69, 9.17) is 21.4 Å². The van der Waals surface area contributed by atoms with Crippen molar-refractivity contribution in [3.63, 3.8) is 0 Å². The number of phenolic OH excluding ortho intramolecular Hbond substituents is 1. The Labute approximate surface area is 74.5 Å². The Balaban J connectivity index is 2.89. The van der Waals surface area contributed by atoms with Crippen molar-refractivity contribution in [2.24, 2.45) is 0 Å². The number of esters is 1. The standard InChI is InChI=1S/C8H7ClO3/c1-5(10)12-6-2-3-7(9)8(11)4-6/h2-4,11H,1H3. The van der Waals surface area contributed by atoms with Crippen LogP contribution in [0.15, 0.2) is 18.2 Å². The van der Waals surface area contributed by atoms with Gasteiger partial charge in [-0.2, -0.15) is 0 Å². The molecule has 12 heavy (non-hydrogen) atoms. The maximum absolute atomic E-state index is 10.5. The molecule has 0 heterocycles. The molecule has 0 radical (unpaired) electrons. The smallest absolute Gasteiger partial charge is 0.308 e. The molecule has 64 valence electrons. The lowest BCUT2D eigenvalue weighted by atomic mass is 10.3. The van der Waals surface area contributed by atoms with Crippen LogP contribution in [0.3, 0.4) is 0 Å². The minimum Gasteiger partial charge on any atom is -0.506 e. The van der Waals surface area contributed by atoms with Crippen LogP contribution in [0.2, 0.25) is 5.02 Å². The minimum absolute atomic E-state index is 0.101. The van der Waals surface area contributed by atoms with Crippen molar-refractivity contribution in [3.8, 4) is 11.5 Å². The van der Waals surface area contributed by atoms with Gasteiger partial charge in [0, 0.05) is 13.0 Å². The molecule has 0 saturated heterocycles. The lowest BCUT2D eigenvalue weighted by Gasteiger charge is -2.01. The number of halogens is 1. The van der Waals surface area contributed by atoms with E-state index in [2.05, 4.69) is 0 Å². The molecule has 1 aromatic carbocycles. The highest BCUT2D eigenvalue weighted by Crippen LogP contribution is 2.27. The molecule has 1 aromatic rings. The van der Waals surface area contributed by atoms with Crippen LogP contribution in [0.4, 0.5) is 0 Å². The average molecular weight is 187 g/mol. The van der Waals surface area contributed by atoms with Crippen molar-refractivity contribution in [1.82, 2.24) is 0 Å². The summed E-state index contributed by atoms with van der Waals surface area (Å²) in [5.41, 5.74) is 0. The molecule has 0 aliphatic heterocycles. The molecule has 0 fully saturated rings. The van der Waals surface area contributed by atoms with Crippen molar-refractivity contribution in [2.75, 3.05) is 0 Å². The van der Waals surface area contributed by atoms with Crippen molar-refractivity contribution in [3.05, 3.63) is 23.2 Å². The minimum atomic E-state index is -0.434. The van der Waals surface area contributed by atoms with Crippen LogP contribution in [-0.4, -0.2) is 11.1 Å². The van der Waals surface area contributed by atoms with Gasteiger partial charge in [0.25, 0.3) is 0 Å². The normalized spacial score (nSPS) is 9.50. The second-order valence-corrected chi connectivity index (χ2v) is 2.61. The lowest BCUT2D eigenvalue weighted by molar-refractivity contribution is -0.131. The first-order valence-corrected chi connectivity index (χ1v) is 3.64. The maximum Gasteiger partial charge on any atom is 0.308 e. The van der Waals surface area contributed by atoms with Crippen LogP contribution in [0, 0.1) is 0 Å². The van der Waals surface area contributed by atoms with Gasteiger partial charge in [-0.15, -0.1) is 0 Å². The summed E-state index contributed by atoms with van der Waals surface area (Å²) in [6, 6.07) is 4.24. The molecule has 1 rings (SSSR count). The fourth-order valence-electron chi connectivity index (χ4n) is 0.722. The summed E-state index contributed by atoms with van der Waals surface area (Å²) in [6.45, 7) is 1.28. The number of carbonyl (C=O) groups excluding carboxylic acids is 1. The van der Waals surface area contributed by atoms with Crippen LogP contribution in [0.25, 0.3) is 0 Å². The molecule has 0 bridgehead atoms. The summed E-state index contributed by atoms with van der Waals surface area (Å²) >= 11 is 5.53. The van der Waals surface area contributed by atoms with Gasteiger partial charge in [0.15, 0.2) is 0 Å². The van der Waals surface area contributed by atoms with Gasteiger partial charge in [0.1, 0.15) is 11.5 Å². The average Bonchev–Trinajstić information content (AvgIpc) is 1.96. The largest absolute Gasteiger partial charge is 0.506 e. The van der Waals surface area contributed by atoms with E-state index in [0.29, 0.717) is 0 Å². The van der Waals surface area contributed by atoms with Crippen LogP contribution in [0.1, 0.15) is 6.92 Å². The van der Waals surface area contributed by atoms with Crippen LogP contribution >= 0.6 is 11.6 Å². The van der Waals surface area contributed by atoms with E-state index < -0.39 is 5.97 Å². The predicted molar refractivity (Wildman–Crippen MR) is 44.4 cm³/mol. The zero-order chi connectivity index (χ0) is 9.14. The van der Waals surface area contributed by atoms with E-state index in [1.54, 1.807) is 0 Å². The van der Waals surface area contributed by atoms with Crippen molar-refractivity contribution < 1.29 is 14.6 Å². The van der Waals surface area contributed by atoms with Crippen LogP contribution in [-0.2, 0) is 4.79 Å². The van der Waals surface area contributed by atoms with E-state index >= 15 is 0 Å². The third-order valence-corrected chi connectivity index (χ3v) is 1.50. The van der Waals surface area contributed by atoms with E-state index in [1.165, 1.54) is 25.1 Å². The van der Waals surface area contributed by atoms with Crippen LogP contribution < -0.4 is 4.74 Å². The van der Waals surface area contributed by atoms with Gasteiger partial charge in [0.2, 0.25) is 0 Å². The number of carbonyl (C=O) groups is 1. The molecule has 0 atom stereocenters. The highest BCUT2D eigenvalue weighted by atomic mass is 35.5. The molecular formula is C8H7ClO3. The summed E-state index contributed by atoms with van der Waals surface area (Å²) in [5.74, 6) is -0.253. The van der Waals surface area contributed by atoms with E-state index in [-0.39, 0.29) is 16.5 Å². The van der Waals surface area contributed by atoms with Crippen LogP contribution in [0.5, 0.6) is 11.5 Å². The van der Waals surface area contributed by atoms with E-state index in [0.717, 1.165) is 0 Å². The van der Waals surface area contributed by atoms with E-state index in [9.17, 15) is 4.79 Å². The second kappa shape index (κ2) is 3.45. The third-order valence-electron chi connectivity index (χ3n) is 1.18. The van der Waals surface area contributed by atoms with Gasteiger partial charge in [-0.25, -0.2) is 0 Å². The van der Waals surface area contributed by atoms with Crippen molar-refractivity contribution in [2.45, 2.75) is 6.92 Å². The topological polar surface area (TPSA) is 46.5 Å². The predicted octanol–water partition coefficient (Wildman–Crippen LogP) is 1.97. The number of phenols is 1. The highest BCUT2D eigenvalue weighted by molar-refractivity contribution is 6.32. The first kappa shape index (κ1) is 8.87. The first-order valence-electron chi connectivity index (χ1n) is 3.26. The molecule has 4 heteroatoms. The van der Waals surface area contributed by atoms with Gasteiger partial charge in [-0.1, -0.05) is 11.6 Å². The van der Waals surface area contributed by atoms with Gasteiger partial charge in [-0.3, -0.25) is 4.79 Å². The summed E-state index contributed by atoms with van der Waals surface area (Å²) in [4.78, 5) is 10.5. The summed E-state index contributed by atoms with van der Waals surface area (Å²) in [6.07, 6.45) is 0. The Hall–Kier alpha value is -1.22. The fourth-order valence-corrected chi connectivity index (χ4v) is 0.839. The first-order chi connectivity index (χ1) is 5.59. The molecule has 0 unspecified atom stereocenters. The van der Waals surface area contributed by atoms with Crippen molar-refractivity contribution in [1.29, 1.82) is 0 Å². The molecule has 0 saturated carbocycles. The quantitative estimate of drug-likeness (QED) is 0.539. The Morgan fingerprint density at radius 1 is 1.58 bits per heavy atom. The Bertz CT molecular complexity index is 309. The maximum atomic E-state index is 10.5. The highest BCUT2D eigenvalue weighted by Gasteiger charge is 2.02. The molecule has 0 spiro atoms. The molecular weight excluding hydrogens is 180 g/mol. The summed E-state index contributed by atoms with van der Waals surface area (Å²) in [7, 11) is 0. The lowest BCUT2D eigenvalue weighted by Crippen LogP contribution is -2.00. The Morgan fingerprint density at radius 3 is 2.75 bits per heavy atom. The third kappa shape index (κ3) is 2.13. The number of benzene rings is 1. The molecule has 3 nitrogen and oxygen atoms in total. The van der Waals surface area contributed by atoms with Gasteiger partial charge in [-0.05, 0) is 12.1 Å². The number of hydrogen-bond acceptors (Lipinski definition) is 3. The van der Waals surface area contributed by atoms with Gasteiger partial charge < -0.3 is 9.84 Å². The van der Waals surface area contributed by atoms with Gasteiger partial charge >= 0.3 is 5.97 Å². The zero-order valence-electron chi connectivity index (χ0n) is 6.37. The monoisotopic (exact) mass is 186 g/mol. The van der Waals surface area contributed by atoms with Crippen molar-refractivity contribution >= 4 is 17.6 Å². The second-order valence-electron chi connectivity index (χ2n) is 2.21. The summed E-state index contributed by atoms with van der Waals surface area (Å²) < 4.78 is 4.69. The zero-order valence-corrected chi connectivity index (χ0v) is 7.13. The Morgan fingerprint density at radius 2 is 2.25 bits per heavy atom. The Kier molecular flexibility index (Phi) is 2.55. The molecule has 0 aromatic heterocycles. The molecule has 0 aliphatic carbocycles. The summed E-state index contributed by atoms with van der Waals surface area (Å²) in [5, 5.41) is 9.32. The molecule has 1 N–H and O–H groups in total. The number of ether oxygens (including phenoxy) is 1.